The number of benzene rings is 1. The second kappa shape index (κ2) is 9.84. The van der Waals surface area contributed by atoms with Crippen LogP contribution in [0.4, 0.5) is 0 Å². The molecule has 0 bridgehead atoms. The highest BCUT2D eigenvalue weighted by Gasteiger charge is 2.20. The molecule has 34 heavy (non-hydrogen) atoms. The number of nitrogens with zero attached hydrogens (tertiary/aromatic N) is 4. The Morgan fingerprint density at radius 2 is 1.79 bits per heavy atom. The molecule has 0 unspecified atom stereocenters. The number of hydrogen-bond donors (Lipinski definition) is 0. The van der Waals surface area contributed by atoms with E-state index >= 15 is 0 Å². The number of rotatable bonds is 7. The summed E-state index contributed by atoms with van der Waals surface area (Å²) in [6.07, 6.45) is 9.78. The monoisotopic (exact) mass is 456 g/mol. The fourth-order valence-corrected chi connectivity index (χ4v) is 4.91. The van der Waals surface area contributed by atoms with E-state index in [1.165, 1.54) is 36.8 Å². The summed E-state index contributed by atoms with van der Waals surface area (Å²) in [5, 5.41) is 9.60. The summed E-state index contributed by atoms with van der Waals surface area (Å²) in [5.74, 6) is 1.62. The molecular formula is C28H32N4O2. The standard InChI is InChI=1S/C28H32N4O2/c1-20(2)32-26(33)14-13-24(29-32)27-25-19-23(34-18-16-21-9-5-3-6-10-21)15-17-31(25)30-28(27)22-11-7-4-8-12-22/h4,7-8,11-15,17,19-21H,3,5-6,9-10,16,18H2,1-2H3. The van der Waals surface area contributed by atoms with Gasteiger partial charge in [-0.05, 0) is 38.3 Å². The number of hydrogen-bond acceptors (Lipinski definition) is 4. The maximum atomic E-state index is 12.4. The van der Waals surface area contributed by atoms with Gasteiger partial charge in [-0.2, -0.15) is 10.2 Å². The first kappa shape index (κ1) is 22.4. The van der Waals surface area contributed by atoms with Crippen molar-refractivity contribution >= 4 is 5.52 Å². The molecular weight excluding hydrogens is 424 g/mol. The number of fused-ring (bicyclic) bond motifs is 1. The van der Waals surface area contributed by atoms with Gasteiger partial charge < -0.3 is 4.74 Å². The predicted octanol–water partition coefficient (Wildman–Crippen LogP) is 6.16. The van der Waals surface area contributed by atoms with E-state index in [4.69, 9.17) is 14.9 Å². The minimum absolute atomic E-state index is 0.0341. The van der Waals surface area contributed by atoms with Crippen LogP contribution in [0.25, 0.3) is 28.0 Å². The van der Waals surface area contributed by atoms with Gasteiger partial charge in [0.2, 0.25) is 0 Å². The summed E-state index contributed by atoms with van der Waals surface area (Å²) in [4.78, 5) is 12.4. The molecule has 3 heterocycles. The van der Waals surface area contributed by atoms with Crippen molar-refractivity contribution in [2.45, 2.75) is 58.4 Å². The van der Waals surface area contributed by atoms with Gasteiger partial charge in [-0.15, -0.1) is 0 Å². The first-order valence-electron chi connectivity index (χ1n) is 12.4. The van der Waals surface area contributed by atoms with E-state index in [0.29, 0.717) is 0 Å². The molecule has 0 radical (unpaired) electrons. The van der Waals surface area contributed by atoms with Crippen LogP contribution in [-0.4, -0.2) is 26.0 Å². The molecule has 5 rings (SSSR count). The Hall–Kier alpha value is -3.41. The van der Waals surface area contributed by atoms with Gasteiger partial charge in [0, 0.05) is 23.9 Å². The van der Waals surface area contributed by atoms with Crippen LogP contribution < -0.4 is 10.3 Å². The molecule has 0 amide bonds. The van der Waals surface area contributed by atoms with Crippen molar-refractivity contribution in [2.24, 2.45) is 5.92 Å². The van der Waals surface area contributed by atoms with E-state index in [0.717, 1.165) is 52.7 Å². The SMILES string of the molecule is CC(C)n1nc(-c2c(-c3ccccc3)nn3ccc(OCCC4CCCCC4)cc23)ccc1=O. The second-order valence-corrected chi connectivity index (χ2v) is 9.52. The Morgan fingerprint density at radius 3 is 2.56 bits per heavy atom. The van der Waals surface area contributed by atoms with Gasteiger partial charge in [0.25, 0.3) is 5.56 Å². The number of aromatic nitrogens is 4. The Morgan fingerprint density at radius 1 is 1.00 bits per heavy atom. The topological polar surface area (TPSA) is 61.4 Å². The van der Waals surface area contributed by atoms with E-state index in [1.54, 1.807) is 12.1 Å². The third-order valence-corrected chi connectivity index (χ3v) is 6.74. The lowest BCUT2D eigenvalue weighted by molar-refractivity contribution is 0.246. The van der Waals surface area contributed by atoms with Gasteiger partial charge >= 0.3 is 0 Å². The molecule has 176 valence electrons. The Bertz CT molecular complexity index is 1320. The Balaban J connectivity index is 1.54. The lowest BCUT2D eigenvalue weighted by Crippen LogP contribution is -2.23. The van der Waals surface area contributed by atoms with Crippen molar-refractivity contribution in [3.8, 4) is 28.3 Å². The van der Waals surface area contributed by atoms with Crippen LogP contribution in [0.15, 0.2) is 65.6 Å². The molecule has 1 aromatic carbocycles. The van der Waals surface area contributed by atoms with Crippen LogP contribution in [0.1, 0.15) is 58.4 Å². The largest absolute Gasteiger partial charge is 0.493 e. The summed E-state index contributed by atoms with van der Waals surface area (Å²) in [6, 6.07) is 17.5. The maximum absolute atomic E-state index is 12.4. The number of pyridine rings is 1. The van der Waals surface area contributed by atoms with Crippen molar-refractivity contribution in [3.63, 3.8) is 0 Å². The molecule has 6 heteroatoms. The maximum Gasteiger partial charge on any atom is 0.267 e. The fourth-order valence-electron chi connectivity index (χ4n) is 4.91. The van der Waals surface area contributed by atoms with E-state index in [2.05, 4.69) is 0 Å². The lowest BCUT2D eigenvalue weighted by Gasteiger charge is -2.21. The van der Waals surface area contributed by atoms with Crippen molar-refractivity contribution in [1.29, 1.82) is 0 Å². The third kappa shape index (κ3) is 4.63. The van der Waals surface area contributed by atoms with Crippen LogP contribution in [0, 0.1) is 5.92 Å². The van der Waals surface area contributed by atoms with Gasteiger partial charge in [-0.3, -0.25) is 4.79 Å². The van der Waals surface area contributed by atoms with E-state index in [-0.39, 0.29) is 11.6 Å². The zero-order valence-corrected chi connectivity index (χ0v) is 20.0. The molecule has 1 aliphatic carbocycles. The molecule has 0 spiro atoms. The summed E-state index contributed by atoms with van der Waals surface area (Å²) in [5.41, 5.74) is 4.27. The Labute approximate surface area is 200 Å². The minimum Gasteiger partial charge on any atom is -0.493 e. The average molecular weight is 457 g/mol. The number of ether oxygens (including phenoxy) is 1. The van der Waals surface area contributed by atoms with Gasteiger partial charge in [0.15, 0.2) is 0 Å². The summed E-state index contributed by atoms with van der Waals surface area (Å²) < 4.78 is 9.59. The first-order chi connectivity index (χ1) is 16.6. The lowest BCUT2D eigenvalue weighted by atomic mass is 9.87. The first-order valence-corrected chi connectivity index (χ1v) is 12.4. The van der Waals surface area contributed by atoms with E-state index < -0.39 is 0 Å². The molecule has 0 atom stereocenters. The molecule has 3 aromatic heterocycles. The normalized spacial score (nSPS) is 14.7. The second-order valence-electron chi connectivity index (χ2n) is 9.52. The summed E-state index contributed by atoms with van der Waals surface area (Å²) >= 11 is 0. The molecule has 1 saturated carbocycles. The quantitative estimate of drug-likeness (QED) is 0.334. The third-order valence-electron chi connectivity index (χ3n) is 6.74. The molecule has 1 fully saturated rings. The van der Waals surface area contributed by atoms with Crippen LogP contribution in [0.2, 0.25) is 0 Å². The fraction of sp³-hybridized carbons (Fsp3) is 0.393. The van der Waals surface area contributed by atoms with Crippen molar-refractivity contribution in [2.75, 3.05) is 6.61 Å². The zero-order valence-electron chi connectivity index (χ0n) is 20.0. The van der Waals surface area contributed by atoms with Crippen LogP contribution >= 0.6 is 0 Å². The van der Waals surface area contributed by atoms with Crippen LogP contribution in [0.5, 0.6) is 5.75 Å². The molecule has 4 aromatic rings. The Kier molecular flexibility index (Phi) is 6.48. The van der Waals surface area contributed by atoms with Gasteiger partial charge in [0.1, 0.15) is 11.4 Å². The average Bonchev–Trinajstić information content (AvgIpc) is 3.24. The molecule has 1 aliphatic rings. The van der Waals surface area contributed by atoms with Crippen molar-refractivity contribution in [1.82, 2.24) is 19.4 Å². The van der Waals surface area contributed by atoms with Crippen molar-refractivity contribution in [3.05, 3.63) is 71.1 Å². The van der Waals surface area contributed by atoms with Crippen molar-refractivity contribution < 1.29 is 4.74 Å². The molecule has 0 aliphatic heterocycles. The molecule has 0 N–H and O–H groups in total. The highest BCUT2D eigenvalue weighted by atomic mass is 16.5. The highest BCUT2D eigenvalue weighted by Crippen LogP contribution is 2.35. The van der Waals surface area contributed by atoms with E-state index in [9.17, 15) is 4.79 Å². The molecule has 0 saturated heterocycles. The predicted molar refractivity (Wildman–Crippen MR) is 135 cm³/mol. The molecule has 6 nitrogen and oxygen atoms in total. The van der Waals surface area contributed by atoms with Gasteiger partial charge in [-0.1, -0.05) is 62.4 Å². The summed E-state index contributed by atoms with van der Waals surface area (Å²) in [7, 11) is 0. The zero-order chi connectivity index (χ0) is 23.5. The van der Waals surface area contributed by atoms with Gasteiger partial charge in [-0.25, -0.2) is 9.20 Å². The smallest absolute Gasteiger partial charge is 0.267 e. The highest BCUT2D eigenvalue weighted by molar-refractivity contribution is 5.91. The summed E-state index contributed by atoms with van der Waals surface area (Å²) in [6.45, 7) is 4.65. The van der Waals surface area contributed by atoms with Crippen LogP contribution in [-0.2, 0) is 0 Å². The van der Waals surface area contributed by atoms with E-state index in [1.807, 2.05) is 67.0 Å². The minimum atomic E-state index is -0.108. The van der Waals surface area contributed by atoms with Gasteiger partial charge in [0.05, 0.1) is 29.4 Å². The van der Waals surface area contributed by atoms with Crippen LogP contribution in [0.3, 0.4) is 0 Å².